The van der Waals surface area contributed by atoms with Gasteiger partial charge < -0.3 is 9.84 Å². The lowest BCUT2D eigenvalue weighted by Gasteiger charge is -2.08. The number of aliphatic carboxylic acids is 1. The average molecular weight is 309 g/mol. The predicted octanol–water partition coefficient (Wildman–Crippen LogP) is 1.22. The second-order valence-corrected chi connectivity index (χ2v) is 6.12. The molecule has 0 fully saturated rings. The third-order valence-corrected chi connectivity index (χ3v) is 4.25. The Morgan fingerprint density at radius 1 is 1.14 bits per heavy atom. The molecule has 21 heavy (non-hydrogen) atoms. The number of carboxylic acids is 1. The lowest BCUT2D eigenvalue weighted by atomic mass is 10.1. The van der Waals surface area contributed by atoms with Crippen LogP contribution in [0.2, 0.25) is 0 Å². The quantitative estimate of drug-likeness (QED) is 0.750. The Kier molecular flexibility index (Phi) is 4.89. The maximum Gasteiger partial charge on any atom is 0.329 e. The molecule has 0 spiro atoms. The van der Waals surface area contributed by atoms with E-state index in [0.29, 0.717) is 0 Å². The van der Waals surface area contributed by atoms with E-state index in [0.717, 1.165) is 10.8 Å². The molecule has 2 aromatic carbocycles. The molecule has 7 heteroatoms. The number of nitrogens with one attached hydrogen (secondary N) is 1. The number of hydrogen-bond acceptors (Lipinski definition) is 4. The van der Waals surface area contributed by atoms with Crippen molar-refractivity contribution in [1.29, 1.82) is 0 Å². The Morgan fingerprint density at radius 3 is 2.57 bits per heavy atom. The number of ether oxygens (including phenoxy) is 1. The molecule has 0 heterocycles. The van der Waals surface area contributed by atoms with Crippen LogP contribution in [0.1, 0.15) is 0 Å². The zero-order valence-corrected chi connectivity index (χ0v) is 12.0. The Labute approximate surface area is 122 Å². The molecule has 0 aromatic heterocycles. The SMILES string of the molecule is O=C(O)COCCNS(=O)(=O)c1ccc2ccccc2c1. The highest BCUT2D eigenvalue weighted by Crippen LogP contribution is 2.18. The van der Waals surface area contributed by atoms with Crippen LogP contribution in [0.15, 0.2) is 47.4 Å². The molecule has 0 amide bonds. The van der Waals surface area contributed by atoms with Crippen LogP contribution < -0.4 is 4.72 Å². The number of carbonyl (C=O) groups is 1. The summed E-state index contributed by atoms with van der Waals surface area (Å²) in [6, 6.07) is 12.3. The highest BCUT2D eigenvalue weighted by atomic mass is 32.2. The topological polar surface area (TPSA) is 92.7 Å². The van der Waals surface area contributed by atoms with E-state index in [1.165, 1.54) is 6.07 Å². The van der Waals surface area contributed by atoms with Gasteiger partial charge in [-0.2, -0.15) is 0 Å². The summed E-state index contributed by atoms with van der Waals surface area (Å²) in [7, 11) is -3.63. The summed E-state index contributed by atoms with van der Waals surface area (Å²) in [6.45, 7) is -0.431. The summed E-state index contributed by atoms with van der Waals surface area (Å²) >= 11 is 0. The van der Waals surface area contributed by atoms with Gasteiger partial charge in [0.15, 0.2) is 0 Å². The van der Waals surface area contributed by atoms with Crippen LogP contribution in [-0.2, 0) is 19.6 Å². The van der Waals surface area contributed by atoms with Gasteiger partial charge in [0, 0.05) is 6.54 Å². The normalized spacial score (nSPS) is 11.6. The Bertz CT molecular complexity index is 742. The molecule has 2 rings (SSSR count). The maximum absolute atomic E-state index is 12.1. The summed E-state index contributed by atoms with van der Waals surface area (Å²) in [5, 5.41) is 10.2. The molecule has 0 aliphatic rings. The molecular weight excluding hydrogens is 294 g/mol. The standard InChI is InChI=1S/C14H15NO5S/c16-14(17)10-20-8-7-15-21(18,19)13-6-5-11-3-1-2-4-12(11)9-13/h1-6,9,15H,7-8,10H2,(H,16,17). The molecule has 0 unspecified atom stereocenters. The minimum Gasteiger partial charge on any atom is -0.480 e. The van der Waals surface area contributed by atoms with E-state index in [9.17, 15) is 13.2 Å². The lowest BCUT2D eigenvalue weighted by Crippen LogP contribution is -2.28. The summed E-state index contributed by atoms with van der Waals surface area (Å²) < 4.78 is 31.3. The number of hydrogen-bond donors (Lipinski definition) is 2. The van der Waals surface area contributed by atoms with Gasteiger partial charge in [-0.3, -0.25) is 0 Å². The molecule has 0 bridgehead atoms. The molecule has 0 saturated carbocycles. The van der Waals surface area contributed by atoms with Crippen LogP contribution in [0, 0.1) is 0 Å². The summed E-state index contributed by atoms with van der Waals surface area (Å²) in [5.74, 6) is -1.09. The van der Waals surface area contributed by atoms with E-state index in [1.54, 1.807) is 12.1 Å². The molecular formula is C14H15NO5S. The highest BCUT2D eigenvalue weighted by molar-refractivity contribution is 7.89. The summed E-state index contributed by atoms with van der Waals surface area (Å²) in [6.07, 6.45) is 0. The molecule has 112 valence electrons. The number of carboxylic acid groups (broad SMARTS) is 1. The van der Waals surface area contributed by atoms with Gasteiger partial charge >= 0.3 is 5.97 Å². The van der Waals surface area contributed by atoms with Crippen LogP contribution in [0.4, 0.5) is 0 Å². The van der Waals surface area contributed by atoms with Crippen LogP contribution >= 0.6 is 0 Å². The van der Waals surface area contributed by atoms with Gasteiger partial charge in [0.2, 0.25) is 10.0 Å². The van der Waals surface area contributed by atoms with Gasteiger partial charge in [-0.15, -0.1) is 0 Å². The average Bonchev–Trinajstić information content (AvgIpc) is 2.46. The summed E-state index contributed by atoms with van der Waals surface area (Å²) in [5.41, 5.74) is 0. The van der Waals surface area contributed by atoms with E-state index < -0.39 is 22.6 Å². The van der Waals surface area contributed by atoms with Crippen molar-refractivity contribution in [3.8, 4) is 0 Å². The Morgan fingerprint density at radius 2 is 1.86 bits per heavy atom. The third kappa shape index (κ3) is 4.25. The minimum absolute atomic E-state index is 0.000882. The first-order valence-corrected chi connectivity index (χ1v) is 7.75. The third-order valence-electron chi connectivity index (χ3n) is 2.80. The van der Waals surface area contributed by atoms with Crippen LogP contribution in [0.5, 0.6) is 0 Å². The highest BCUT2D eigenvalue weighted by Gasteiger charge is 2.13. The first kappa shape index (κ1) is 15.4. The zero-order chi connectivity index (χ0) is 15.3. The fourth-order valence-electron chi connectivity index (χ4n) is 1.83. The number of fused-ring (bicyclic) bond motifs is 1. The van der Waals surface area contributed by atoms with Gasteiger partial charge in [0.1, 0.15) is 6.61 Å². The summed E-state index contributed by atoms with van der Waals surface area (Å²) in [4.78, 5) is 10.4. The van der Waals surface area contributed by atoms with Gasteiger partial charge in [-0.05, 0) is 22.9 Å². The first-order valence-electron chi connectivity index (χ1n) is 6.27. The van der Waals surface area contributed by atoms with Gasteiger partial charge in [0.05, 0.1) is 11.5 Å². The van der Waals surface area contributed by atoms with Crippen molar-refractivity contribution in [2.24, 2.45) is 0 Å². The maximum atomic E-state index is 12.1. The van der Waals surface area contributed by atoms with Crippen LogP contribution in [0.3, 0.4) is 0 Å². The van der Waals surface area contributed by atoms with E-state index >= 15 is 0 Å². The van der Waals surface area contributed by atoms with Gasteiger partial charge in [0.25, 0.3) is 0 Å². The van der Waals surface area contributed by atoms with Gasteiger partial charge in [-0.25, -0.2) is 17.9 Å². The molecule has 6 nitrogen and oxygen atoms in total. The second kappa shape index (κ2) is 6.66. The van der Waals surface area contributed by atoms with Crippen molar-refractivity contribution < 1.29 is 23.1 Å². The van der Waals surface area contributed by atoms with Crippen molar-refractivity contribution in [2.45, 2.75) is 4.90 Å². The van der Waals surface area contributed by atoms with Crippen molar-refractivity contribution in [1.82, 2.24) is 4.72 Å². The van der Waals surface area contributed by atoms with E-state index in [1.807, 2.05) is 24.3 Å². The first-order chi connectivity index (χ1) is 9.99. The minimum atomic E-state index is -3.63. The smallest absolute Gasteiger partial charge is 0.329 e. The predicted molar refractivity (Wildman–Crippen MR) is 77.6 cm³/mol. The number of benzene rings is 2. The van der Waals surface area contributed by atoms with E-state index in [-0.39, 0.29) is 18.0 Å². The number of sulfonamides is 1. The van der Waals surface area contributed by atoms with Crippen molar-refractivity contribution in [3.05, 3.63) is 42.5 Å². The molecule has 2 aromatic rings. The monoisotopic (exact) mass is 309 g/mol. The second-order valence-electron chi connectivity index (χ2n) is 4.35. The molecule has 0 radical (unpaired) electrons. The van der Waals surface area contributed by atoms with Crippen molar-refractivity contribution in [3.63, 3.8) is 0 Å². The molecule has 0 aliphatic heterocycles. The molecule has 0 aliphatic carbocycles. The fraction of sp³-hybridized carbons (Fsp3) is 0.214. The Balaban J connectivity index is 2.02. The molecule has 0 saturated heterocycles. The Hall–Kier alpha value is -1.96. The van der Waals surface area contributed by atoms with E-state index in [4.69, 9.17) is 9.84 Å². The zero-order valence-electron chi connectivity index (χ0n) is 11.2. The fourth-order valence-corrected chi connectivity index (χ4v) is 2.87. The largest absolute Gasteiger partial charge is 0.480 e. The van der Waals surface area contributed by atoms with Crippen LogP contribution in [-0.4, -0.2) is 39.3 Å². The number of rotatable bonds is 7. The molecule has 2 N–H and O–H groups in total. The van der Waals surface area contributed by atoms with Crippen molar-refractivity contribution >= 4 is 26.8 Å². The lowest BCUT2D eigenvalue weighted by molar-refractivity contribution is -0.142. The van der Waals surface area contributed by atoms with Crippen molar-refractivity contribution in [2.75, 3.05) is 19.8 Å². The van der Waals surface area contributed by atoms with Gasteiger partial charge in [-0.1, -0.05) is 30.3 Å². The van der Waals surface area contributed by atoms with Crippen LogP contribution in [0.25, 0.3) is 10.8 Å². The molecule has 0 atom stereocenters. The van der Waals surface area contributed by atoms with E-state index in [2.05, 4.69) is 4.72 Å².